The van der Waals surface area contributed by atoms with E-state index in [0.29, 0.717) is 23.6 Å². The number of nitrogens with two attached hydrogens (primary N) is 1. The molecule has 2 aromatic carbocycles. The van der Waals surface area contributed by atoms with Crippen LogP contribution in [0.5, 0.6) is 0 Å². The zero-order valence-corrected chi connectivity index (χ0v) is 22.4. The first-order valence-corrected chi connectivity index (χ1v) is 12.9. The highest BCUT2D eigenvalue weighted by atomic mass is 19.2. The van der Waals surface area contributed by atoms with Crippen molar-refractivity contribution in [2.45, 2.75) is 73.1 Å². The molecule has 1 fully saturated rings. The molecular formula is C32H40F3N. The topological polar surface area (TPSA) is 26.0 Å². The lowest BCUT2D eigenvalue weighted by molar-refractivity contribution is 0.507. The van der Waals surface area contributed by atoms with Crippen molar-refractivity contribution in [3.63, 3.8) is 0 Å². The van der Waals surface area contributed by atoms with E-state index in [9.17, 15) is 13.2 Å². The van der Waals surface area contributed by atoms with Crippen LogP contribution < -0.4 is 5.73 Å². The van der Waals surface area contributed by atoms with Crippen LogP contribution in [0.1, 0.15) is 77.0 Å². The average Bonchev–Trinajstić information content (AvgIpc) is 3.29. The molecule has 0 spiro atoms. The van der Waals surface area contributed by atoms with E-state index in [1.54, 1.807) is 17.7 Å². The van der Waals surface area contributed by atoms with Crippen molar-refractivity contribution in [1.82, 2.24) is 0 Å². The van der Waals surface area contributed by atoms with Gasteiger partial charge in [-0.3, -0.25) is 0 Å². The summed E-state index contributed by atoms with van der Waals surface area (Å²) in [6, 6.07) is 9.16. The Labute approximate surface area is 215 Å². The van der Waals surface area contributed by atoms with Crippen molar-refractivity contribution in [3.8, 4) is 0 Å². The monoisotopic (exact) mass is 495 g/mol. The van der Waals surface area contributed by atoms with Gasteiger partial charge in [-0.15, -0.1) is 0 Å². The number of hydrogen-bond donors (Lipinski definition) is 1. The third-order valence-electron chi connectivity index (χ3n) is 6.42. The van der Waals surface area contributed by atoms with Crippen LogP contribution in [-0.2, 0) is 12.8 Å². The van der Waals surface area contributed by atoms with Crippen LogP contribution >= 0.6 is 0 Å². The van der Waals surface area contributed by atoms with Gasteiger partial charge in [0.05, 0.1) is 0 Å². The van der Waals surface area contributed by atoms with E-state index in [1.807, 2.05) is 26.8 Å². The molecule has 1 atom stereocenters. The van der Waals surface area contributed by atoms with Gasteiger partial charge >= 0.3 is 0 Å². The second-order valence-corrected chi connectivity index (χ2v) is 9.36. The van der Waals surface area contributed by atoms with Gasteiger partial charge in [0, 0.05) is 11.3 Å². The molecule has 1 saturated carbocycles. The van der Waals surface area contributed by atoms with Crippen LogP contribution in [0.4, 0.5) is 13.2 Å². The van der Waals surface area contributed by atoms with Gasteiger partial charge in [-0.1, -0.05) is 68.8 Å². The first-order valence-electron chi connectivity index (χ1n) is 12.9. The zero-order chi connectivity index (χ0) is 26.8. The van der Waals surface area contributed by atoms with Crippen molar-refractivity contribution in [2.75, 3.05) is 0 Å². The van der Waals surface area contributed by atoms with E-state index in [0.717, 1.165) is 24.0 Å². The summed E-state index contributed by atoms with van der Waals surface area (Å²) in [6.07, 6.45) is 10.8. The van der Waals surface area contributed by atoms with E-state index in [2.05, 4.69) is 32.6 Å². The van der Waals surface area contributed by atoms with Gasteiger partial charge in [-0.25, -0.2) is 13.2 Å². The van der Waals surface area contributed by atoms with Gasteiger partial charge < -0.3 is 5.73 Å². The number of rotatable bonds is 5. The van der Waals surface area contributed by atoms with Crippen LogP contribution in [0.2, 0.25) is 0 Å². The van der Waals surface area contributed by atoms with Gasteiger partial charge in [-0.2, -0.15) is 0 Å². The molecule has 0 aromatic heterocycles. The van der Waals surface area contributed by atoms with Crippen molar-refractivity contribution in [2.24, 2.45) is 11.7 Å². The molecule has 0 aliphatic heterocycles. The summed E-state index contributed by atoms with van der Waals surface area (Å²) in [4.78, 5) is 0. The molecule has 0 amide bonds. The Hall–Kier alpha value is -3.01. The Kier molecular flexibility index (Phi) is 11.3. The minimum Gasteiger partial charge on any atom is -0.399 e. The highest BCUT2D eigenvalue weighted by molar-refractivity contribution is 5.64. The molecule has 0 radical (unpaired) electrons. The number of fused-ring (bicyclic) bond motifs is 1. The SMILES string of the molecule is C=C(N)c1c(F)cccc1CC.CC.CC(C)=CC1=C(Cc2ccc(F)c(F)c2)C=C2CCCC2C1. The molecule has 1 unspecified atom stereocenters. The van der Waals surface area contributed by atoms with Crippen molar-refractivity contribution in [3.05, 3.63) is 112 Å². The Morgan fingerprint density at radius 2 is 1.78 bits per heavy atom. The van der Waals surface area contributed by atoms with Crippen molar-refractivity contribution in [1.29, 1.82) is 0 Å². The fourth-order valence-electron chi connectivity index (χ4n) is 4.84. The average molecular weight is 496 g/mol. The molecule has 2 N–H and O–H groups in total. The number of halogens is 3. The molecular weight excluding hydrogens is 455 g/mol. The second kappa shape index (κ2) is 13.9. The molecule has 36 heavy (non-hydrogen) atoms. The summed E-state index contributed by atoms with van der Waals surface area (Å²) in [5.41, 5.74) is 13.4. The Morgan fingerprint density at radius 1 is 1.06 bits per heavy atom. The summed E-state index contributed by atoms with van der Waals surface area (Å²) in [5.74, 6) is -1.13. The Bertz CT molecular complexity index is 1150. The molecule has 0 saturated heterocycles. The van der Waals surface area contributed by atoms with Crippen LogP contribution in [0.3, 0.4) is 0 Å². The molecule has 2 aromatic rings. The van der Waals surface area contributed by atoms with Gasteiger partial charge in [-0.05, 0) is 98.8 Å². The van der Waals surface area contributed by atoms with Crippen molar-refractivity contribution >= 4 is 5.70 Å². The van der Waals surface area contributed by atoms with Crippen LogP contribution in [0, 0.1) is 23.4 Å². The van der Waals surface area contributed by atoms with Gasteiger partial charge in [0.1, 0.15) is 5.82 Å². The number of benzene rings is 2. The maximum absolute atomic E-state index is 13.4. The molecule has 4 heteroatoms. The lowest BCUT2D eigenvalue weighted by atomic mass is 9.82. The lowest BCUT2D eigenvalue weighted by Gasteiger charge is -2.23. The predicted molar refractivity (Wildman–Crippen MR) is 147 cm³/mol. The quantitative estimate of drug-likeness (QED) is 0.439. The largest absolute Gasteiger partial charge is 0.399 e. The Morgan fingerprint density at radius 3 is 2.36 bits per heavy atom. The van der Waals surface area contributed by atoms with Gasteiger partial charge in [0.2, 0.25) is 0 Å². The highest BCUT2D eigenvalue weighted by Crippen LogP contribution is 2.41. The third kappa shape index (κ3) is 7.74. The summed E-state index contributed by atoms with van der Waals surface area (Å²) in [7, 11) is 0. The van der Waals surface area contributed by atoms with Gasteiger partial charge in [0.15, 0.2) is 11.6 Å². The first-order chi connectivity index (χ1) is 17.2. The number of aryl methyl sites for hydroxylation is 1. The van der Waals surface area contributed by atoms with Crippen LogP contribution in [0.25, 0.3) is 5.70 Å². The van der Waals surface area contributed by atoms with E-state index < -0.39 is 11.6 Å². The molecule has 4 rings (SSSR count). The molecule has 0 heterocycles. The zero-order valence-electron chi connectivity index (χ0n) is 22.4. The van der Waals surface area contributed by atoms with E-state index in [-0.39, 0.29) is 5.82 Å². The maximum atomic E-state index is 13.4. The summed E-state index contributed by atoms with van der Waals surface area (Å²) < 4.78 is 39.7. The smallest absolute Gasteiger partial charge is 0.159 e. The standard InChI is InChI=1S/C20H22F2.C10H12FN.C2H6/c1-13(2)8-17-11-15-4-3-5-16(15)12-18(17)9-14-6-7-19(21)20(22)10-14;1-3-8-5-4-6-9(11)10(8)7(2)12;1-2/h6-8,10,12,15H,3-5,9,11H2,1-2H3;4-6H,2-3,12H2,1H3;1-2H3. The molecule has 194 valence electrons. The minimum absolute atomic E-state index is 0.290. The molecule has 1 nitrogen and oxygen atoms in total. The summed E-state index contributed by atoms with van der Waals surface area (Å²) >= 11 is 0. The normalized spacial score (nSPS) is 16.1. The van der Waals surface area contributed by atoms with E-state index in [1.165, 1.54) is 54.2 Å². The molecule has 2 aliphatic rings. The number of hydrogen-bond acceptors (Lipinski definition) is 1. The highest BCUT2D eigenvalue weighted by Gasteiger charge is 2.26. The third-order valence-corrected chi connectivity index (χ3v) is 6.42. The fourth-order valence-corrected chi connectivity index (χ4v) is 4.84. The maximum Gasteiger partial charge on any atom is 0.159 e. The van der Waals surface area contributed by atoms with Crippen LogP contribution in [0.15, 0.2) is 77.4 Å². The summed E-state index contributed by atoms with van der Waals surface area (Å²) in [6.45, 7) is 13.7. The Balaban J connectivity index is 0.000000277. The molecule has 0 bridgehead atoms. The number of allylic oxidation sites excluding steroid dienone is 6. The van der Waals surface area contributed by atoms with Gasteiger partial charge in [0.25, 0.3) is 0 Å². The predicted octanol–water partition coefficient (Wildman–Crippen LogP) is 9.24. The lowest BCUT2D eigenvalue weighted by Crippen LogP contribution is -2.08. The first kappa shape index (κ1) is 29.2. The van der Waals surface area contributed by atoms with Crippen molar-refractivity contribution < 1.29 is 13.2 Å². The summed E-state index contributed by atoms with van der Waals surface area (Å²) in [5, 5.41) is 0. The van der Waals surface area contributed by atoms with Crippen LogP contribution in [-0.4, -0.2) is 0 Å². The minimum atomic E-state index is -0.778. The fraction of sp³-hybridized carbons (Fsp3) is 0.375. The second-order valence-electron chi connectivity index (χ2n) is 9.36. The van der Waals surface area contributed by atoms with E-state index >= 15 is 0 Å². The van der Waals surface area contributed by atoms with E-state index in [4.69, 9.17) is 5.73 Å². The molecule has 2 aliphatic carbocycles.